The minimum absolute atomic E-state index is 0.0238. The van der Waals surface area contributed by atoms with E-state index < -0.39 is 0 Å². The molecule has 164 valence electrons. The van der Waals surface area contributed by atoms with Crippen molar-refractivity contribution in [3.63, 3.8) is 0 Å². The Hall–Kier alpha value is -2.75. The Morgan fingerprint density at radius 1 is 0.935 bits per heavy atom. The molecule has 1 aliphatic carbocycles. The Labute approximate surface area is 186 Å². The standard InChI is InChI=1S/C27H34N2O2/c1-3-4-7-16-25-26(21-12-8-5-9-13-21)29(22-14-10-6-11-15-22)27(30)28(25)23-17-19-24(31-2)20-18-23/h6-7,10-11,14-21,25-26H,3-5,8-9,12-13H2,1-2H3/b16-7+/t25-,26-/m1/s1. The van der Waals surface area contributed by atoms with Crippen LogP contribution in [0.3, 0.4) is 0 Å². The van der Waals surface area contributed by atoms with E-state index in [9.17, 15) is 4.79 Å². The van der Waals surface area contributed by atoms with Crippen molar-refractivity contribution in [2.24, 2.45) is 5.92 Å². The summed E-state index contributed by atoms with van der Waals surface area (Å²) < 4.78 is 5.34. The van der Waals surface area contributed by atoms with Gasteiger partial charge in [0, 0.05) is 11.4 Å². The Bertz CT molecular complexity index is 872. The largest absolute Gasteiger partial charge is 0.497 e. The highest BCUT2D eigenvalue weighted by molar-refractivity contribution is 6.08. The molecule has 31 heavy (non-hydrogen) atoms. The minimum atomic E-state index is 0.0238. The van der Waals surface area contributed by atoms with E-state index in [2.05, 4.69) is 36.1 Å². The number of hydrogen-bond donors (Lipinski definition) is 0. The van der Waals surface area contributed by atoms with E-state index >= 15 is 0 Å². The third kappa shape index (κ3) is 4.48. The molecule has 4 nitrogen and oxygen atoms in total. The average Bonchev–Trinajstić information content (AvgIpc) is 3.12. The maximum Gasteiger partial charge on any atom is 0.329 e. The normalized spacial score (nSPS) is 22.5. The zero-order valence-electron chi connectivity index (χ0n) is 18.7. The van der Waals surface area contributed by atoms with Gasteiger partial charge in [-0.3, -0.25) is 9.80 Å². The second kappa shape index (κ2) is 10.0. The molecule has 2 atom stereocenters. The highest BCUT2D eigenvalue weighted by atomic mass is 16.5. The number of anilines is 2. The van der Waals surface area contributed by atoms with Crippen LogP contribution in [0.1, 0.15) is 51.9 Å². The van der Waals surface area contributed by atoms with Gasteiger partial charge in [-0.2, -0.15) is 0 Å². The summed E-state index contributed by atoms with van der Waals surface area (Å²) in [6.45, 7) is 2.19. The number of nitrogens with zero attached hydrogens (tertiary/aromatic N) is 2. The Balaban J connectivity index is 1.78. The molecule has 0 aromatic heterocycles. The van der Waals surface area contributed by atoms with Crippen LogP contribution in [0, 0.1) is 5.92 Å². The van der Waals surface area contributed by atoms with Crippen LogP contribution < -0.4 is 14.5 Å². The van der Waals surface area contributed by atoms with Crippen LogP contribution >= 0.6 is 0 Å². The third-order valence-corrected chi connectivity index (χ3v) is 6.66. The molecule has 2 aromatic carbocycles. The number of allylic oxidation sites excluding steroid dienone is 1. The van der Waals surface area contributed by atoms with Crippen molar-refractivity contribution in [3.8, 4) is 5.75 Å². The topological polar surface area (TPSA) is 32.8 Å². The molecule has 0 N–H and O–H groups in total. The van der Waals surface area contributed by atoms with Gasteiger partial charge in [-0.05, 0) is 61.6 Å². The molecule has 0 bridgehead atoms. The quantitative estimate of drug-likeness (QED) is 0.462. The summed E-state index contributed by atoms with van der Waals surface area (Å²) in [5.41, 5.74) is 1.92. The Kier molecular flexibility index (Phi) is 6.96. The number of urea groups is 1. The SMILES string of the molecule is CCC/C=C/[C@@H]1[C@@H](C2CCCCC2)N(c2ccccc2)C(=O)N1c1ccc(OC)cc1. The monoisotopic (exact) mass is 418 g/mol. The number of methoxy groups -OCH3 is 1. The summed E-state index contributed by atoms with van der Waals surface area (Å²) in [6, 6.07) is 18.3. The fourth-order valence-electron chi connectivity index (χ4n) is 5.14. The van der Waals surface area contributed by atoms with Crippen molar-refractivity contribution in [3.05, 3.63) is 66.7 Å². The summed E-state index contributed by atoms with van der Waals surface area (Å²) in [5, 5.41) is 0. The molecule has 4 rings (SSSR count). The van der Waals surface area contributed by atoms with Gasteiger partial charge in [-0.1, -0.05) is 63.0 Å². The number of amides is 2. The lowest BCUT2D eigenvalue weighted by Crippen LogP contribution is -2.43. The van der Waals surface area contributed by atoms with Gasteiger partial charge in [-0.25, -0.2) is 4.79 Å². The molecular weight excluding hydrogens is 384 g/mol. The first kappa shape index (κ1) is 21.5. The van der Waals surface area contributed by atoms with Crippen LogP contribution in [0.4, 0.5) is 16.2 Å². The first-order valence-corrected chi connectivity index (χ1v) is 11.7. The van der Waals surface area contributed by atoms with E-state index in [0.717, 1.165) is 30.0 Å². The van der Waals surface area contributed by atoms with E-state index in [1.54, 1.807) is 7.11 Å². The third-order valence-electron chi connectivity index (χ3n) is 6.66. The molecule has 0 radical (unpaired) electrons. The number of carbonyl (C=O) groups excluding carboxylic acids is 1. The molecule has 0 spiro atoms. The predicted octanol–water partition coefficient (Wildman–Crippen LogP) is 6.82. The van der Waals surface area contributed by atoms with Crippen LogP contribution in [0.2, 0.25) is 0 Å². The molecule has 1 heterocycles. The molecule has 2 aliphatic rings. The van der Waals surface area contributed by atoms with Crippen LogP contribution in [-0.2, 0) is 0 Å². The first-order chi connectivity index (χ1) is 15.2. The van der Waals surface area contributed by atoms with Gasteiger partial charge in [0.25, 0.3) is 0 Å². The van der Waals surface area contributed by atoms with Crippen LogP contribution in [0.15, 0.2) is 66.7 Å². The fourth-order valence-corrected chi connectivity index (χ4v) is 5.14. The number of carbonyl (C=O) groups is 1. The summed E-state index contributed by atoms with van der Waals surface area (Å²) in [7, 11) is 1.67. The second-order valence-electron chi connectivity index (χ2n) is 8.65. The van der Waals surface area contributed by atoms with Crippen molar-refractivity contribution in [2.75, 3.05) is 16.9 Å². The van der Waals surface area contributed by atoms with Crippen molar-refractivity contribution >= 4 is 17.4 Å². The first-order valence-electron chi connectivity index (χ1n) is 11.7. The van der Waals surface area contributed by atoms with E-state index in [1.807, 2.05) is 47.4 Å². The summed E-state index contributed by atoms with van der Waals surface area (Å²) in [4.78, 5) is 18.0. The minimum Gasteiger partial charge on any atom is -0.497 e. The highest BCUT2D eigenvalue weighted by Gasteiger charge is 2.49. The van der Waals surface area contributed by atoms with Crippen LogP contribution in [-0.4, -0.2) is 25.2 Å². The molecule has 1 saturated heterocycles. The van der Waals surface area contributed by atoms with Gasteiger partial charge in [0.2, 0.25) is 0 Å². The molecule has 4 heteroatoms. The lowest BCUT2D eigenvalue weighted by molar-refractivity contribution is 0.252. The maximum absolute atomic E-state index is 13.9. The Morgan fingerprint density at radius 3 is 2.26 bits per heavy atom. The predicted molar refractivity (Wildman–Crippen MR) is 128 cm³/mol. The van der Waals surface area contributed by atoms with Crippen molar-refractivity contribution < 1.29 is 9.53 Å². The maximum atomic E-state index is 13.9. The zero-order chi connectivity index (χ0) is 21.6. The van der Waals surface area contributed by atoms with Crippen LogP contribution in [0.25, 0.3) is 0 Å². The number of rotatable bonds is 7. The van der Waals surface area contributed by atoms with Gasteiger partial charge in [0.05, 0.1) is 19.2 Å². The van der Waals surface area contributed by atoms with E-state index in [4.69, 9.17) is 4.74 Å². The summed E-state index contributed by atoms with van der Waals surface area (Å²) in [6.07, 6.45) is 12.9. The number of hydrogen-bond acceptors (Lipinski definition) is 2. The fraction of sp³-hybridized carbons (Fsp3) is 0.444. The number of para-hydroxylation sites is 1. The lowest BCUT2D eigenvalue weighted by atomic mass is 9.80. The Morgan fingerprint density at radius 2 is 1.61 bits per heavy atom. The molecule has 1 aliphatic heterocycles. The molecule has 2 fully saturated rings. The summed E-state index contributed by atoms with van der Waals surface area (Å²) >= 11 is 0. The number of unbranched alkanes of at least 4 members (excludes halogenated alkanes) is 1. The van der Waals surface area contributed by atoms with Gasteiger partial charge in [0.15, 0.2) is 0 Å². The van der Waals surface area contributed by atoms with E-state index in [0.29, 0.717) is 5.92 Å². The number of benzene rings is 2. The molecular formula is C27H34N2O2. The van der Waals surface area contributed by atoms with Gasteiger partial charge in [-0.15, -0.1) is 0 Å². The molecule has 0 unspecified atom stereocenters. The van der Waals surface area contributed by atoms with Crippen molar-refractivity contribution in [2.45, 2.75) is 64.0 Å². The van der Waals surface area contributed by atoms with E-state index in [1.165, 1.54) is 32.1 Å². The smallest absolute Gasteiger partial charge is 0.329 e. The lowest BCUT2D eigenvalue weighted by Gasteiger charge is -2.35. The highest BCUT2D eigenvalue weighted by Crippen LogP contribution is 2.41. The van der Waals surface area contributed by atoms with Gasteiger partial charge in [0.1, 0.15) is 5.75 Å². The molecule has 2 aromatic rings. The molecule has 1 saturated carbocycles. The van der Waals surface area contributed by atoms with Gasteiger partial charge >= 0.3 is 6.03 Å². The van der Waals surface area contributed by atoms with E-state index in [-0.39, 0.29) is 18.1 Å². The second-order valence-corrected chi connectivity index (χ2v) is 8.65. The molecule has 2 amide bonds. The summed E-state index contributed by atoms with van der Waals surface area (Å²) in [5.74, 6) is 1.31. The number of ether oxygens (including phenoxy) is 1. The van der Waals surface area contributed by atoms with Crippen LogP contribution in [0.5, 0.6) is 5.75 Å². The zero-order valence-corrected chi connectivity index (χ0v) is 18.7. The van der Waals surface area contributed by atoms with Crippen molar-refractivity contribution in [1.82, 2.24) is 0 Å². The van der Waals surface area contributed by atoms with Crippen molar-refractivity contribution in [1.29, 1.82) is 0 Å². The average molecular weight is 419 g/mol. The van der Waals surface area contributed by atoms with Gasteiger partial charge < -0.3 is 4.74 Å².